The van der Waals surface area contributed by atoms with E-state index >= 15 is 0 Å². The molecule has 1 aromatic carbocycles. The molecule has 6 heteroatoms. The highest BCUT2D eigenvalue weighted by molar-refractivity contribution is 5.94. The van der Waals surface area contributed by atoms with Gasteiger partial charge in [0.25, 0.3) is 5.91 Å². The minimum atomic E-state index is -0.0336. The Morgan fingerprint density at radius 3 is 2.65 bits per heavy atom. The average molecular weight is 321 g/mol. The predicted octanol–water partition coefficient (Wildman–Crippen LogP) is 0.737. The molecule has 1 amide bonds. The third-order valence-electron chi connectivity index (χ3n) is 3.82. The number of methoxy groups -OCH3 is 1. The Morgan fingerprint density at radius 2 is 1.96 bits per heavy atom. The Morgan fingerprint density at radius 1 is 1.22 bits per heavy atom. The van der Waals surface area contributed by atoms with Crippen molar-refractivity contribution in [2.24, 2.45) is 0 Å². The van der Waals surface area contributed by atoms with Crippen LogP contribution in [0.15, 0.2) is 24.3 Å². The van der Waals surface area contributed by atoms with E-state index in [9.17, 15) is 4.79 Å². The number of benzene rings is 1. The SMILES string of the molecule is COCCOc1ccc(C(=O)NCCCN2CCNCC2)cc1. The molecule has 0 unspecified atom stereocenters. The molecule has 2 rings (SSSR count). The van der Waals surface area contributed by atoms with E-state index in [0.717, 1.165) is 44.9 Å². The van der Waals surface area contributed by atoms with Crippen LogP contribution in [0.4, 0.5) is 0 Å². The molecule has 1 aliphatic rings. The maximum Gasteiger partial charge on any atom is 0.251 e. The second-order valence-corrected chi connectivity index (χ2v) is 5.57. The number of hydrogen-bond donors (Lipinski definition) is 2. The Bertz CT molecular complexity index is 459. The molecule has 0 aliphatic carbocycles. The molecule has 1 saturated heterocycles. The number of hydrogen-bond acceptors (Lipinski definition) is 5. The topological polar surface area (TPSA) is 62.8 Å². The third-order valence-corrected chi connectivity index (χ3v) is 3.82. The van der Waals surface area contributed by atoms with Gasteiger partial charge in [-0.05, 0) is 37.2 Å². The minimum absolute atomic E-state index is 0.0336. The fourth-order valence-corrected chi connectivity index (χ4v) is 2.49. The van der Waals surface area contributed by atoms with E-state index in [-0.39, 0.29) is 5.91 Å². The van der Waals surface area contributed by atoms with Crippen molar-refractivity contribution < 1.29 is 14.3 Å². The fraction of sp³-hybridized carbons (Fsp3) is 0.588. The third kappa shape index (κ3) is 6.56. The van der Waals surface area contributed by atoms with Crippen LogP contribution in [-0.4, -0.2) is 70.4 Å². The molecule has 0 aromatic heterocycles. The second kappa shape index (κ2) is 10.2. The molecule has 1 heterocycles. The highest BCUT2D eigenvalue weighted by atomic mass is 16.5. The molecule has 0 atom stereocenters. The summed E-state index contributed by atoms with van der Waals surface area (Å²) in [7, 11) is 1.64. The number of carbonyl (C=O) groups excluding carboxylic acids is 1. The summed E-state index contributed by atoms with van der Waals surface area (Å²) in [5, 5.41) is 6.31. The normalized spacial score (nSPS) is 15.3. The van der Waals surface area contributed by atoms with Gasteiger partial charge in [0.2, 0.25) is 0 Å². The Balaban J connectivity index is 1.64. The predicted molar refractivity (Wildman–Crippen MR) is 90.1 cm³/mol. The molecule has 23 heavy (non-hydrogen) atoms. The summed E-state index contributed by atoms with van der Waals surface area (Å²) in [6, 6.07) is 7.19. The quantitative estimate of drug-likeness (QED) is 0.657. The first-order valence-corrected chi connectivity index (χ1v) is 8.22. The number of piperazine rings is 1. The van der Waals surface area contributed by atoms with Crippen LogP contribution < -0.4 is 15.4 Å². The molecule has 0 saturated carbocycles. The highest BCUT2D eigenvalue weighted by Crippen LogP contribution is 2.12. The Hall–Kier alpha value is -1.63. The number of nitrogens with zero attached hydrogens (tertiary/aromatic N) is 1. The smallest absolute Gasteiger partial charge is 0.251 e. The maximum atomic E-state index is 12.1. The first-order valence-electron chi connectivity index (χ1n) is 8.22. The van der Waals surface area contributed by atoms with Gasteiger partial charge in [0.05, 0.1) is 6.61 Å². The van der Waals surface area contributed by atoms with E-state index in [4.69, 9.17) is 9.47 Å². The van der Waals surface area contributed by atoms with E-state index in [1.807, 2.05) is 12.1 Å². The summed E-state index contributed by atoms with van der Waals surface area (Å²) >= 11 is 0. The van der Waals surface area contributed by atoms with Gasteiger partial charge in [-0.2, -0.15) is 0 Å². The lowest BCUT2D eigenvalue weighted by molar-refractivity contribution is 0.0951. The first kappa shape index (κ1) is 17.7. The lowest BCUT2D eigenvalue weighted by atomic mass is 10.2. The van der Waals surface area contributed by atoms with E-state index in [1.165, 1.54) is 0 Å². The number of carbonyl (C=O) groups is 1. The van der Waals surface area contributed by atoms with E-state index in [2.05, 4.69) is 15.5 Å². The van der Waals surface area contributed by atoms with Crippen molar-refractivity contribution in [1.29, 1.82) is 0 Å². The number of ether oxygens (including phenoxy) is 2. The zero-order chi connectivity index (χ0) is 16.3. The zero-order valence-corrected chi connectivity index (χ0v) is 13.8. The van der Waals surface area contributed by atoms with E-state index < -0.39 is 0 Å². The molecule has 0 bridgehead atoms. The molecule has 1 aliphatic heterocycles. The molecule has 0 radical (unpaired) electrons. The van der Waals surface area contributed by atoms with Crippen molar-refractivity contribution >= 4 is 5.91 Å². The van der Waals surface area contributed by atoms with Crippen LogP contribution in [0, 0.1) is 0 Å². The summed E-state index contributed by atoms with van der Waals surface area (Å²) in [4.78, 5) is 14.5. The van der Waals surface area contributed by atoms with Gasteiger partial charge in [-0.1, -0.05) is 0 Å². The fourth-order valence-electron chi connectivity index (χ4n) is 2.49. The van der Waals surface area contributed by atoms with Crippen molar-refractivity contribution in [3.05, 3.63) is 29.8 Å². The van der Waals surface area contributed by atoms with Gasteiger partial charge >= 0.3 is 0 Å². The molecular formula is C17H27N3O3. The summed E-state index contributed by atoms with van der Waals surface area (Å²) < 4.78 is 10.4. The largest absolute Gasteiger partial charge is 0.491 e. The molecule has 0 spiro atoms. The summed E-state index contributed by atoms with van der Waals surface area (Å²) in [6.45, 7) is 7.11. The van der Waals surface area contributed by atoms with Crippen LogP contribution in [-0.2, 0) is 4.74 Å². The van der Waals surface area contributed by atoms with Crippen LogP contribution in [0.25, 0.3) is 0 Å². The van der Waals surface area contributed by atoms with Crippen LogP contribution in [0.1, 0.15) is 16.8 Å². The lowest BCUT2D eigenvalue weighted by Crippen LogP contribution is -2.44. The van der Waals surface area contributed by atoms with Crippen molar-refractivity contribution in [3.63, 3.8) is 0 Å². The highest BCUT2D eigenvalue weighted by Gasteiger charge is 2.09. The Labute approximate surface area is 138 Å². The number of nitrogens with one attached hydrogen (secondary N) is 2. The molecular weight excluding hydrogens is 294 g/mol. The zero-order valence-electron chi connectivity index (χ0n) is 13.8. The molecule has 6 nitrogen and oxygen atoms in total. The van der Waals surface area contributed by atoms with Crippen LogP contribution in [0.5, 0.6) is 5.75 Å². The van der Waals surface area contributed by atoms with Crippen LogP contribution in [0.3, 0.4) is 0 Å². The van der Waals surface area contributed by atoms with Gasteiger partial charge in [-0.15, -0.1) is 0 Å². The van der Waals surface area contributed by atoms with Gasteiger partial charge < -0.3 is 25.0 Å². The van der Waals surface area contributed by atoms with E-state index in [1.54, 1.807) is 19.2 Å². The average Bonchev–Trinajstić information content (AvgIpc) is 2.60. The molecule has 1 fully saturated rings. The van der Waals surface area contributed by atoms with Crippen molar-refractivity contribution in [3.8, 4) is 5.75 Å². The molecule has 128 valence electrons. The lowest BCUT2D eigenvalue weighted by Gasteiger charge is -2.27. The number of amides is 1. The monoisotopic (exact) mass is 321 g/mol. The van der Waals surface area contributed by atoms with Crippen molar-refractivity contribution in [2.45, 2.75) is 6.42 Å². The van der Waals surface area contributed by atoms with E-state index in [0.29, 0.717) is 25.3 Å². The first-order chi connectivity index (χ1) is 11.3. The van der Waals surface area contributed by atoms with Crippen molar-refractivity contribution in [1.82, 2.24) is 15.5 Å². The Kier molecular flexibility index (Phi) is 7.86. The van der Waals surface area contributed by atoms with Crippen LogP contribution in [0.2, 0.25) is 0 Å². The van der Waals surface area contributed by atoms with Gasteiger partial charge in [-0.3, -0.25) is 4.79 Å². The van der Waals surface area contributed by atoms with Gasteiger partial charge in [-0.25, -0.2) is 0 Å². The standard InChI is InChI=1S/C17H27N3O3/c1-22-13-14-23-16-5-3-15(4-6-16)17(21)19-7-2-10-20-11-8-18-9-12-20/h3-6,18H,2,7-14H2,1H3,(H,19,21). The molecule has 2 N–H and O–H groups in total. The maximum absolute atomic E-state index is 12.1. The summed E-state index contributed by atoms with van der Waals surface area (Å²) in [5.41, 5.74) is 0.659. The summed E-state index contributed by atoms with van der Waals surface area (Å²) in [5.74, 6) is 0.714. The molecule has 1 aromatic rings. The number of rotatable bonds is 9. The van der Waals surface area contributed by atoms with Crippen molar-refractivity contribution in [2.75, 3.05) is 59.6 Å². The van der Waals surface area contributed by atoms with Gasteiger partial charge in [0.1, 0.15) is 12.4 Å². The van der Waals surface area contributed by atoms with Crippen LogP contribution >= 0.6 is 0 Å². The minimum Gasteiger partial charge on any atom is -0.491 e. The summed E-state index contributed by atoms with van der Waals surface area (Å²) in [6.07, 6.45) is 0.976. The van der Waals surface area contributed by atoms with Gasteiger partial charge in [0, 0.05) is 45.4 Å². The second-order valence-electron chi connectivity index (χ2n) is 5.57. The van der Waals surface area contributed by atoms with Gasteiger partial charge in [0.15, 0.2) is 0 Å².